The first-order chi connectivity index (χ1) is 35.7. The van der Waals surface area contributed by atoms with Crippen molar-refractivity contribution in [2.75, 3.05) is 26.6 Å². The van der Waals surface area contributed by atoms with Crippen LogP contribution in [0.5, 0.6) is 23.0 Å². The van der Waals surface area contributed by atoms with E-state index in [0.717, 1.165) is 41.5 Å². The summed E-state index contributed by atoms with van der Waals surface area (Å²) >= 11 is 0. The zero-order valence-corrected chi connectivity index (χ0v) is 40.6. The summed E-state index contributed by atoms with van der Waals surface area (Å²) in [6, 6.07) is 32.4. The average molecular weight is 994 g/mol. The number of hydrogen-bond donors (Lipinski definition) is 2. The van der Waals surface area contributed by atoms with Gasteiger partial charge in [0.2, 0.25) is 18.5 Å². The first-order valence-electron chi connectivity index (χ1n) is 24.9. The first-order valence-corrected chi connectivity index (χ1v) is 24.9. The largest absolute Gasteiger partial charge is 0.489 e. The van der Waals surface area contributed by atoms with Crippen LogP contribution in [0.1, 0.15) is 78.7 Å². The summed E-state index contributed by atoms with van der Waals surface area (Å²) in [5.74, 6) is -1.30. The summed E-state index contributed by atoms with van der Waals surface area (Å²) in [6.07, 6.45) is 11.3. The highest BCUT2D eigenvalue weighted by molar-refractivity contribution is 6.03. The summed E-state index contributed by atoms with van der Waals surface area (Å²) in [5.41, 5.74) is 4.86. The van der Waals surface area contributed by atoms with E-state index in [4.69, 9.17) is 33.7 Å². The molecule has 2 aliphatic heterocycles. The number of non-ortho nitro benzene ring substituents is 1. The van der Waals surface area contributed by atoms with E-state index in [1.54, 1.807) is 53.5 Å². The zero-order valence-electron chi connectivity index (χ0n) is 40.6. The van der Waals surface area contributed by atoms with Crippen molar-refractivity contribution in [2.45, 2.75) is 82.5 Å². The smallest absolute Gasteiger partial charge is 0.269 e. The van der Waals surface area contributed by atoms with Gasteiger partial charge in [-0.05, 0) is 114 Å². The van der Waals surface area contributed by atoms with Gasteiger partial charge in [-0.1, -0.05) is 84.7 Å². The van der Waals surface area contributed by atoms with Gasteiger partial charge in [0.05, 0.1) is 23.2 Å². The van der Waals surface area contributed by atoms with E-state index in [9.17, 15) is 24.7 Å². The lowest BCUT2D eigenvalue weighted by atomic mass is 9.55. The van der Waals surface area contributed by atoms with Crippen LogP contribution in [0.3, 0.4) is 0 Å². The van der Waals surface area contributed by atoms with Crippen LogP contribution in [0.4, 0.5) is 10.1 Å². The quantitative estimate of drug-likeness (QED) is 0.0210. The minimum absolute atomic E-state index is 0.0103. The van der Waals surface area contributed by atoms with Gasteiger partial charge < -0.3 is 43.6 Å². The second kappa shape index (κ2) is 23.5. The number of rotatable bonds is 23. The third kappa shape index (κ3) is 11.3. The van der Waals surface area contributed by atoms with E-state index in [1.807, 2.05) is 60.7 Å². The minimum Gasteiger partial charge on any atom is -0.489 e. The van der Waals surface area contributed by atoms with Crippen LogP contribution in [-0.4, -0.2) is 70.1 Å². The maximum atomic E-state index is 15.4. The summed E-state index contributed by atoms with van der Waals surface area (Å²) < 4.78 is 47.4. The lowest BCUT2D eigenvalue weighted by Gasteiger charge is -2.60. The fraction of sp³-hybridized carbons (Fsp3) is 0.345. The van der Waals surface area contributed by atoms with Crippen LogP contribution in [-0.2, 0) is 34.1 Å². The van der Waals surface area contributed by atoms with Gasteiger partial charge in [0.1, 0.15) is 36.6 Å². The molecule has 0 aromatic heterocycles. The number of allylic oxidation sites excluding steroid dienone is 1. The third-order valence-corrected chi connectivity index (χ3v) is 14.2. The number of unbranched alkanes of at least 4 members (excludes halogenated alkanes) is 2. The Kier molecular flexibility index (Phi) is 16.3. The van der Waals surface area contributed by atoms with Gasteiger partial charge in [0.25, 0.3) is 5.69 Å². The van der Waals surface area contributed by atoms with Crippen molar-refractivity contribution in [3.05, 3.63) is 189 Å². The molecule has 2 aliphatic carbocycles. The van der Waals surface area contributed by atoms with E-state index in [2.05, 4.69) is 12.7 Å². The van der Waals surface area contributed by atoms with Crippen molar-refractivity contribution in [3.63, 3.8) is 0 Å². The molecule has 1 saturated carbocycles. The molecule has 6 unspecified atom stereocenters. The number of carbonyl (C=O) groups excluding carboxylic acids is 1. The fourth-order valence-electron chi connectivity index (χ4n) is 10.8. The molecule has 73 heavy (non-hydrogen) atoms. The molecule has 6 atom stereocenters. The Hall–Kier alpha value is -7.33. The maximum absolute atomic E-state index is 15.4. The van der Waals surface area contributed by atoms with E-state index in [0.29, 0.717) is 59.1 Å². The Morgan fingerprint density at radius 1 is 0.877 bits per heavy atom. The van der Waals surface area contributed by atoms with Gasteiger partial charge in [0.15, 0.2) is 11.5 Å². The number of benzene rings is 5. The normalized spacial score (nSPS) is 21.9. The number of nitrogens with zero attached hydrogens (tertiary/aromatic N) is 3. The number of aliphatic hydroxyl groups is 2. The van der Waals surface area contributed by atoms with Crippen molar-refractivity contribution in [2.24, 2.45) is 22.9 Å². The molecule has 5 aromatic carbocycles. The van der Waals surface area contributed by atoms with Crippen LogP contribution >= 0.6 is 0 Å². The highest BCUT2D eigenvalue weighted by atomic mass is 19.1. The Morgan fingerprint density at radius 2 is 1.63 bits per heavy atom. The number of oxime groups is 1. The number of aliphatic hydroxyl groups excluding tert-OH is 2. The third-order valence-electron chi connectivity index (χ3n) is 14.2. The van der Waals surface area contributed by atoms with Crippen LogP contribution in [0.15, 0.2) is 151 Å². The van der Waals surface area contributed by atoms with Crippen LogP contribution in [0.25, 0.3) is 6.08 Å². The molecule has 2 N–H and O–H groups in total. The molecule has 380 valence electrons. The zero-order chi connectivity index (χ0) is 50.7. The summed E-state index contributed by atoms with van der Waals surface area (Å²) in [4.78, 5) is 34.4. The number of nitro benzene ring substituents is 1. The van der Waals surface area contributed by atoms with Crippen molar-refractivity contribution >= 4 is 23.4 Å². The number of halogens is 1. The Bertz CT molecular complexity index is 2840. The summed E-state index contributed by atoms with van der Waals surface area (Å²) in [5, 5.41) is 36.6. The molecule has 0 spiro atoms. The number of hydrogen-bond acceptors (Lipinski definition) is 12. The minimum atomic E-state index is -1.59. The van der Waals surface area contributed by atoms with Gasteiger partial charge in [0, 0.05) is 61.4 Å². The van der Waals surface area contributed by atoms with E-state index in [-0.39, 0.29) is 82.1 Å². The van der Waals surface area contributed by atoms with Crippen molar-refractivity contribution in [1.29, 1.82) is 0 Å². The molecule has 1 amide bonds. The molecule has 14 nitrogen and oxygen atoms in total. The van der Waals surface area contributed by atoms with Crippen LogP contribution in [0, 0.1) is 33.7 Å². The molecule has 9 rings (SSSR count). The highest BCUT2D eigenvalue weighted by Crippen LogP contribution is 2.62. The molecule has 0 bridgehead atoms. The maximum Gasteiger partial charge on any atom is 0.269 e. The van der Waals surface area contributed by atoms with Gasteiger partial charge in [-0.2, -0.15) is 0 Å². The summed E-state index contributed by atoms with van der Waals surface area (Å²) in [7, 11) is 0. The SMILES string of the molecule is C=CCOC12Oc3ccc(OCc4ccccc4F)cc3C3C(CCCCO)C(CCCCO)C=C(C(=NOCc4ccccc4)CC1N(Cc1ccc4c(c1)OCO4)C(=O)C=Cc1ccc([N+](=O)[O-])cc1)C32. The van der Waals surface area contributed by atoms with E-state index >= 15 is 4.79 Å². The molecule has 4 aliphatic rings. The highest BCUT2D eigenvalue weighted by Gasteiger charge is 2.65. The molecule has 15 heteroatoms. The van der Waals surface area contributed by atoms with Gasteiger partial charge in [-0.15, -0.1) is 6.58 Å². The molecule has 5 aromatic rings. The van der Waals surface area contributed by atoms with Gasteiger partial charge in [-0.3, -0.25) is 14.9 Å². The number of ether oxygens (including phenoxy) is 5. The number of amides is 1. The molecule has 0 saturated heterocycles. The van der Waals surface area contributed by atoms with E-state index < -0.39 is 28.6 Å². The molecule has 1 fully saturated rings. The average Bonchev–Trinajstić information content (AvgIpc) is 3.88. The Balaban J connectivity index is 1.23. The van der Waals surface area contributed by atoms with Crippen molar-refractivity contribution in [3.8, 4) is 23.0 Å². The molecule has 2 heterocycles. The number of carbonyl (C=O) groups is 1. The van der Waals surface area contributed by atoms with Gasteiger partial charge >= 0.3 is 0 Å². The lowest BCUT2D eigenvalue weighted by molar-refractivity contribution is -0.384. The second-order valence-electron chi connectivity index (χ2n) is 18.7. The predicted molar refractivity (Wildman–Crippen MR) is 272 cm³/mol. The van der Waals surface area contributed by atoms with Gasteiger partial charge in [-0.25, -0.2) is 4.39 Å². The lowest BCUT2D eigenvalue weighted by Crippen LogP contribution is -2.70. The molecular formula is C58H60FN3O11. The van der Waals surface area contributed by atoms with Crippen molar-refractivity contribution in [1.82, 2.24) is 4.90 Å². The van der Waals surface area contributed by atoms with E-state index in [1.165, 1.54) is 24.3 Å². The molecular weight excluding hydrogens is 934 g/mol. The van der Waals surface area contributed by atoms with Crippen molar-refractivity contribution < 1.29 is 52.8 Å². The standard InChI is InChI=1S/C58H60FN3O11/c1-2-30-71-58-54(61(35-41-20-25-52-53(31-41)70-38-69-52)55(65)27-21-39-18-22-44(23-19-39)62(66)67)34-50(60-72-36-40-12-4-3-5-13-40)47-32-42(14-8-10-28-63)46(16-9-11-29-64)56(57(47)58)48-33-45(24-26-51(48)73-58)68-37-43-15-6-7-17-49(43)59/h2-7,12-13,15,17-27,31-33,42,46,54,56-57,63-64H,1,8-11,14,16,28-30,34-38H2. The first kappa shape index (κ1) is 50.6. The van der Waals surface area contributed by atoms with Crippen LogP contribution < -0.4 is 18.9 Å². The Labute approximate surface area is 424 Å². The number of fused-ring (bicyclic) bond motifs is 3. The van der Waals surface area contributed by atoms with Crippen LogP contribution in [0.2, 0.25) is 0 Å². The fourth-order valence-corrected chi connectivity index (χ4v) is 10.8. The topological polar surface area (TPSA) is 172 Å². The second-order valence-corrected chi connectivity index (χ2v) is 18.7. The molecule has 0 radical (unpaired) electrons. The number of nitro groups is 1. The monoisotopic (exact) mass is 993 g/mol. The summed E-state index contributed by atoms with van der Waals surface area (Å²) in [6.45, 7) is 4.47. The Morgan fingerprint density at radius 3 is 2.40 bits per heavy atom. The predicted octanol–water partition coefficient (Wildman–Crippen LogP) is 10.6.